The summed E-state index contributed by atoms with van der Waals surface area (Å²) in [5.41, 5.74) is 3.89. The van der Waals surface area contributed by atoms with Gasteiger partial charge in [-0.1, -0.05) is 72.3 Å². The van der Waals surface area contributed by atoms with Crippen molar-refractivity contribution in [2.24, 2.45) is 0 Å². The van der Waals surface area contributed by atoms with E-state index in [0.29, 0.717) is 17.1 Å². The number of rotatable bonds is 6. The molecule has 0 atom stereocenters. The summed E-state index contributed by atoms with van der Waals surface area (Å²) in [6.07, 6.45) is 0. The van der Waals surface area contributed by atoms with Crippen molar-refractivity contribution in [3.05, 3.63) is 89.4 Å². The standard InChI is InChI=1S/C23H19ClN2OS/c24-19-12-6-4-10-17(19)23(27)25-14-15-28-22-18-11-5-7-13-20(18)26-21(22)16-8-2-1-3-9-16/h1-13,26H,14-15H2,(H,25,27). The van der Waals surface area contributed by atoms with Gasteiger partial charge in [0.15, 0.2) is 0 Å². The van der Waals surface area contributed by atoms with Gasteiger partial charge in [0, 0.05) is 28.1 Å². The van der Waals surface area contributed by atoms with Gasteiger partial charge in [0.2, 0.25) is 0 Å². The normalized spacial score (nSPS) is 10.9. The number of benzene rings is 3. The summed E-state index contributed by atoms with van der Waals surface area (Å²) in [5, 5.41) is 4.62. The molecule has 0 aliphatic rings. The summed E-state index contributed by atoms with van der Waals surface area (Å²) in [5.74, 6) is 0.617. The van der Waals surface area contributed by atoms with E-state index in [1.54, 1.807) is 23.9 Å². The lowest BCUT2D eigenvalue weighted by Crippen LogP contribution is -2.25. The van der Waals surface area contributed by atoms with Crippen LogP contribution in [0, 0.1) is 0 Å². The van der Waals surface area contributed by atoms with Crippen LogP contribution in [0.3, 0.4) is 0 Å². The average Bonchev–Trinajstić information content (AvgIpc) is 3.11. The summed E-state index contributed by atoms with van der Waals surface area (Å²) in [4.78, 5) is 17.1. The molecule has 0 bridgehead atoms. The van der Waals surface area contributed by atoms with Gasteiger partial charge in [-0.3, -0.25) is 4.79 Å². The van der Waals surface area contributed by atoms with Crippen LogP contribution in [0.1, 0.15) is 10.4 Å². The van der Waals surface area contributed by atoms with E-state index in [1.165, 1.54) is 10.3 Å². The molecule has 0 saturated heterocycles. The maximum atomic E-state index is 12.3. The van der Waals surface area contributed by atoms with Gasteiger partial charge in [0.25, 0.3) is 5.91 Å². The molecule has 28 heavy (non-hydrogen) atoms. The third-order valence-corrected chi connectivity index (χ3v) is 5.92. The number of fused-ring (bicyclic) bond motifs is 1. The van der Waals surface area contributed by atoms with Gasteiger partial charge < -0.3 is 10.3 Å². The van der Waals surface area contributed by atoms with Crippen LogP contribution in [0.4, 0.5) is 0 Å². The van der Waals surface area contributed by atoms with E-state index in [1.807, 2.05) is 42.5 Å². The van der Waals surface area contributed by atoms with Crippen LogP contribution in [0.15, 0.2) is 83.8 Å². The first-order valence-corrected chi connectivity index (χ1v) is 10.4. The second-order valence-electron chi connectivity index (χ2n) is 6.32. The van der Waals surface area contributed by atoms with Gasteiger partial charge >= 0.3 is 0 Å². The van der Waals surface area contributed by atoms with E-state index in [2.05, 4.69) is 34.6 Å². The van der Waals surface area contributed by atoms with Gasteiger partial charge in [-0.2, -0.15) is 0 Å². The Balaban J connectivity index is 1.49. The van der Waals surface area contributed by atoms with Crippen molar-refractivity contribution in [3.8, 4) is 11.3 Å². The van der Waals surface area contributed by atoms with Gasteiger partial charge in [-0.15, -0.1) is 11.8 Å². The average molecular weight is 407 g/mol. The van der Waals surface area contributed by atoms with Crippen molar-refractivity contribution in [2.75, 3.05) is 12.3 Å². The molecule has 0 unspecified atom stereocenters. The fourth-order valence-corrected chi connectivity index (χ4v) is 4.41. The maximum absolute atomic E-state index is 12.3. The number of amides is 1. The van der Waals surface area contributed by atoms with E-state index in [-0.39, 0.29) is 5.91 Å². The minimum atomic E-state index is -0.145. The number of nitrogens with one attached hydrogen (secondary N) is 2. The van der Waals surface area contributed by atoms with Crippen molar-refractivity contribution in [1.29, 1.82) is 0 Å². The van der Waals surface area contributed by atoms with E-state index in [0.717, 1.165) is 22.5 Å². The Morgan fingerprint density at radius 1 is 0.929 bits per heavy atom. The molecule has 140 valence electrons. The van der Waals surface area contributed by atoms with Crippen molar-refractivity contribution in [1.82, 2.24) is 10.3 Å². The van der Waals surface area contributed by atoms with Crippen molar-refractivity contribution in [2.45, 2.75) is 4.90 Å². The maximum Gasteiger partial charge on any atom is 0.252 e. The number of carbonyl (C=O) groups is 1. The van der Waals surface area contributed by atoms with Crippen LogP contribution in [0.2, 0.25) is 5.02 Å². The quantitative estimate of drug-likeness (QED) is 0.304. The van der Waals surface area contributed by atoms with Crippen LogP contribution >= 0.6 is 23.4 Å². The van der Waals surface area contributed by atoms with Crippen LogP contribution in [-0.2, 0) is 0 Å². The Bertz CT molecular complexity index is 1110. The molecule has 0 aliphatic heterocycles. The zero-order valence-electron chi connectivity index (χ0n) is 15.1. The Morgan fingerprint density at radius 3 is 2.46 bits per heavy atom. The molecule has 0 fully saturated rings. The molecule has 0 spiro atoms. The number of aromatic nitrogens is 1. The smallest absolute Gasteiger partial charge is 0.252 e. The van der Waals surface area contributed by atoms with Crippen molar-refractivity contribution in [3.63, 3.8) is 0 Å². The Kier molecular flexibility index (Phi) is 5.70. The summed E-state index contributed by atoms with van der Waals surface area (Å²) in [6.45, 7) is 0.558. The third-order valence-electron chi connectivity index (χ3n) is 4.47. The highest BCUT2D eigenvalue weighted by Crippen LogP contribution is 2.37. The van der Waals surface area contributed by atoms with Gasteiger partial charge in [0.1, 0.15) is 0 Å². The summed E-state index contributed by atoms with van der Waals surface area (Å²) < 4.78 is 0. The van der Waals surface area contributed by atoms with Crippen molar-refractivity contribution < 1.29 is 4.79 Å². The van der Waals surface area contributed by atoms with Gasteiger partial charge in [0.05, 0.1) is 16.3 Å². The van der Waals surface area contributed by atoms with E-state index in [9.17, 15) is 4.79 Å². The first-order chi connectivity index (χ1) is 13.7. The van der Waals surface area contributed by atoms with Crippen LogP contribution in [-0.4, -0.2) is 23.2 Å². The molecule has 3 aromatic carbocycles. The molecule has 0 aliphatic carbocycles. The zero-order chi connectivity index (χ0) is 19.3. The van der Waals surface area contributed by atoms with Crippen LogP contribution < -0.4 is 5.32 Å². The fraction of sp³-hybridized carbons (Fsp3) is 0.0870. The molecule has 1 heterocycles. The molecule has 3 nitrogen and oxygen atoms in total. The highest BCUT2D eigenvalue weighted by Gasteiger charge is 2.14. The molecule has 5 heteroatoms. The Hall–Kier alpha value is -2.69. The molecule has 4 rings (SSSR count). The number of hydrogen-bond donors (Lipinski definition) is 2. The van der Waals surface area contributed by atoms with Crippen molar-refractivity contribution >= 4 is 40.2 Å². The van der Waals surface area contributed by atoms with Gasteiger partial charge in [-0.05, 0) is 23.8 Å². The molecule has 0 radical (unpaired) electrons. The number of aromatic amines is 1. The van der Waals surface area contributed by atoms with E-state index in [4.69, 9.17) is 11.6 Å². The number of halogens is 1. The highest BCUT2D eigenvalue weighted by atomic mass is 35.5. The Labute approximate surface area is 173 Å². The number of para-hydroxylation sites is 1. The lowest BCUT2D eigenvalue weighted by molar-refractivity contribution is 0.0956. The lowest BCUT2D eigenvalue weighted by Gasteiger charge is -2.08. The predicted octanol–water partition coefficient (Wildman–Crippen LogP) is 6.01. The molecular weight excluding hydrogens is 388 g/mol. The highest BCUT2D eigenvalue weighted by molar-refractivity contribution is 7.99. The molecule has 1 aromatic heterocycles. The first kappa shape index (κ1) is 18.7. The Morgan fingerprint density at radius 2 is 1.64 bits per heavy atom. The topological polar surface area (TPSA) is 44.9 Å². The number of carbonyl (C=O) groups excluding carboxylic acids is 1. The summed E-state index contributed by atoms with van der Waals surface area (Å²) in [7, 11) is 0. The molecule has 1 amide bonds. The SMILES string of the molecule is O=C(NCCSc1c(-c2ccccc2)[nH]c2ccccc12)c1ccccc1Cl. The molecule has 0 saturated carbocycles. The number of hydrogen-bond acceptors (Lipinski definition) is 2. The first-order valence-electron chi connectivity index (χ1n) is 9.05. The van der Waals surface area contributed by atoms with Crippen LogP contribution in [0.5, 0.6) is 0 Å². The van der Waals surface area contributed by atoms with E-state index < -0.39 is 0 Å². The lowest BCUT2D eigenvalue weighted by atomic mass is 10.1. The van der Waals surface area contributed by atoms with Crippen LogP contribution in [0.25, 0.3) is 22.2 Å². The largest absolute Gasteiger partial charge is 0.354 e. The summed E-state index contributed by atoms with van der Waals surface area (Å²) >= 11 is 7.84. The number of thioether (sulfide) groups is 1. The molecule has 2 N–H and O–H groups in total. The minimum Gasteiger partial charge on any atom is -0.354 e. The predicted molar refractivity (Wildman–Crippen MR) is 118 cm³/mol. The third kappa shape index (κ3) is 3.93. The second-order valence-corrected chi connectivity index (χ2v) is 7.84. The van der Waals surface area contributed by atoms with Gasteiger partial charge in [-0.25, -0.2) is 0 Å². The fourth-order valence-electron chi connectivity index (χ4n) is 3.13. The summed E-state index contributed by atoms with van der Waals surface area (Å²) in [6, 6.07) is 25.7. The molecule has 4 aromatic rings. The molecular formula is C23H19ClN2OS. The number of H-pyrrole nitrogens is 1. The minimum absolute atomic E-state index is 0.145. The second kappa shape index (κ2) is 8.55. The zero-order valence-corrected chi connectivity index (χ0v) is 16.7. The monoisotopic (exact) mass is 406 g/mol. The van der Waals surface area contributed by atoms with E-state index >= 15 is 0 Å².